The summed E-state index contributed by atoms with van der Waals surface area (Å²) in [5.74, 6) is 0. The Morgan fingerprint density at radius 1 is 1.20 bits per heavy atom. The smallest absolute Gasteiger partial charge is 0.0416 e. The second-order valence-electron chi connectivity index (χ2n) is 4.06. The zero-order chi connectivity index (χ0) is 11.3. The van der Waals surface area contributed by atoms with Gasteiger partial charge in [-0.3, -0.25) is 0 Å². The number of nitrogens with zero attached hydrogens (tertiary/aromatic N) is 1. The molecule has 0 heterocycles. The lowest BCUT2D eigenvalue weighted by Crippen LogP contribution is -2.19. The summed E-state index contributed by atoms with van der Waals surface area (Å²) in [7, 11) is 2.14. The zero-order valence-corrected chi connectivity index (χ0v) is 10.1. The number of hydrogen-bond donors (Lipinski definition) is 1. The highest BCUT2D eigenvalue weighted by molar-refractivity contribution is 5.61. The van der Waals surface area contributed by atoms with Crippen molar-refractivity contribution in [1.82, 2.24) is 0 Å². The molecule has 1 rings (SSSR count). The average Bonchev–Trinajstić information content (AvgIpc) is 2.21. The van der Waals surface area contributed by atoms with Crippen LogP contribution >= 0.6 is 0 Å². The molecule has 0 aliphatic rings. The number of aryl methyl sites for hydroxylation is 1. The molecule has 2 heteroatoms. The molecule has 0 saturated heterocycles. The maximum Gasteiger partial charge on any atom is 0.0416 e. The molecular weight excluding hydrogens is 184 g/mol. The normalized spacial score (nSPS) is 10.3. The summed E-state index contributed by atoms with van der Waals surface area (Å²) in [6, 6.07) is 6.23. The number of nitrogen functional groups attached to an aromatic ring is 1. The van der Waals surface area contributed by atoms with Gasteiger partial charge in [0, 0.05) is 25.0 Å². The number of benzene rings is 1. The van der Waals surface area contributed by atoms with Crippen LogP contribution in [0.25, 0.3) is 0 Å². The molecule has 15 heavy (non-hydrogen) atoms. The highest BCUT2D eigenvalue weighted by Crippen LogP contribution is 2.24. The molecule has 0 radical (unpaired) electrons. The van der Waals surface area contributed by atoms with E-state index in [0.29, 0.717) is 0 Å². The van der Waals surface area contributed by atoms with E-state index in [1.807, 2.05) is 6.07 Å². The van der Waals surface area contributed by atoms with E-state index in [0.717, 1.165) is 25.1 Å². The maximum atomic E-state index is 5.83. The topological polar surface area (TPSA) is 29.3 Å². The van der Waals surface area contributed by atoms with Gasteiger partial charge in [0.15, 0.2) is 0 Å². The van der Waals surface area contributed by atoms with Crippen LogP contribution in [0.3, 0.4) is 0 Å². The lowest BCUT2D eigenvalue weighted by atomic mass is 10.1. The third-order valence-electron chi connectivity index (χ3n) is 2.60. The van der Waals surface area contributed by atoms with Gasteiger partial charge in [0.2, 0.25) is 0 Å². The average molecular weight is 206 g/mol. The van der Waals surface area contributed by atoms with Crippen LogP contribution in [-0.4, -0.2) is 13.6 Å². The van der Waals surface area contributed by atoms with E-state index >= 15 is 0 Å². The zero-order valence-electron chi connectivity index (χ0n) is 10.1. The van der Waals surface area contributed by atoms with Gasteiger partial charge in [-0.05, 0) is 30.5 Å². The van der Waals surface area contributed by atoms with E-state index in [1.165, 1.54) is 17.7 Å². The van der Waals surface area contributed by atoms with E-state index in [2.05, 4.69) is 37.9 Å². The van der Waals surface area contributed by atoms with Crippen LogP contribution in [0.2, 0.25) is 0 Å². The first-order valence-corrected chi connectivity index (χ1v) is 5.78. The Morgan fingerprint density at radius 3 is 2.53 bits per heavy atom. The third-order valence-corrected chi connectivity index (χ3v) is 2.60. The van der Waals surface area contributed by atoms with Crippen molar-refractivity contribution in [3.8, 4) is 0 Å². The quantitative estimate of drug-likeness (QED) is 0.750. The fourth-order valence-corrected chi connectivity index (χ4v) is 1.87. The summed E-state index contributed by atoms with van der Waals surface area (Å²) in [6.07, 6.45) is 3.47. The van der Waals surface area contributed by atoms with Crippen LogP contribution in [0, 0.1) is 0 Å². The van der Waals surface area contributed by atoms with Crippen molar-refractivity contribution in [2.24, 2.45) is 0 Å². The number of rotatable bonds is 5. The first-order valence-electron chi connectivity index (χ1n) is 5.78. The molecule has 0 aliphatic carbocycles. The Balaban J connectivity index is 2.95. The van der Waals surface area contributed by atoms with Crippen LogP contribution in [0.1, 0.15) is 32.3 Å². The molecule has 0 aliphatic heterocycles. The van der Waals surface area contributed by atoms with Gasteiger partial charge in [-0.1, -0.05) is 26.3 Å². The molecule has 0 saturated carbocycles. The molecule has 0 fully saturated rings. The summed E-state index contributed by atoms with van der Waals surface area (Å²) < 4.78 is 0. The minimum atomic E-state index is 0.854. The number of anilines is 2. The Labute approximate surface area is 93.1 Å². The van der Waals surface area contributed by atoms with Gasteiger partial charge in [0.1, 0.15) is 0 Å². The summed E-state index contributed by atoms with van der Waals surface area (Å²) >= 11 is 0. The summed E-state index contributed by atoms with van der Waals surface area (Å²) in [5, 5.41) is 0. The van der Waals surface area contributed by atoms with Crippen molar-refractivity contribution in [2.45, 2.75) is 33.1 Å². The largest absolute Gasteiger partial charge is 0.399 e. The van der Waals surface area contributed by atoms with E-state index in [9.17, 15) is 0 Å². The second kappa shape index (κ2) is 5.64. The van der Waals surface area contributed by atoms with E-state index in [4.69, 9.17) is 5.73 Å². The SMILES string of the molecule is CCCc1ccc(N)cc1N(C)CCC. The molecular formula is C13H22N2. The first-order chi connectivity index (χ1) is 7.19. The van der Waals surface area contributed by atoms with Crippen molar-refractivity contribution in [1.29, 1.82) is 0 Å². The summed E-state index contributed by atoms with van der Waals surface area (Å²) in [6.45, 7) is 5.49. The Kier molecular flexibility index (Phi) is 4.47. The molecule has 2 nitrogen and oxygen atoms in total. The summed E-state index contributed by atoms with van der Waals surface area (Å²) in [5.41, 5.74) is 9.38. The van der Waals surface area contributed by atoms with Gasteiger partial charge in [0.25, 0.3) is 0 Å². The van der Waals surface area contributed by atoms with Gasteiger partial charge in [0.05, 0.1) is 0 Å². The molecule has 0 bridgehead atoms. The van der Waals surface area contributed by atoms with Crippen LogP contribution in [-0.2, 0) is 6.42 Å². The van der Waals surface area contributed by atoms with Crippen molar-refractivity contribution in [3.05, 3.63) is 23.8 Å². The molecule has 0 unspecified atom stereocenters. The van der Waals surface area contributed by atoms with Crippen molar-refractivity contribution in [3.63, 3.8) is 0 Å². The van der Waals surface area contributed by atoms with Crippen molar-refractivity contribution < 1.29 is 0 Å². The van der Waals surface area contributed by atoms with Gasteiger partial charge in [-0.25, -0.2) is 0 Å². The molecule has 1 aromatic rings. The predicted octanol–water partition coefficient (Wildman–Crippen LogP) is 3.07. The second-order valence-corrected chi connectivity index (χ2v) is 4.06. The number of nitrogens with two attached hydrogens (primary N) is 1. The number of hydrogen-bond acceptors (Lipinski definition) is 2. The van der Waals surface area contributed by atoms with E-state index < -0.39 is 0 Å². The van der Waals surface area contributed by atoms with E-state index in [-0.39, 0.29) is 0 Å². The Hall–Kier alpha value is -1.18. The molecule has 0 amide bonds. The van der Waals surface area contributed by atoms with Crippen LogP contribution < -0.4 is 10.6 Å². The predicted molar refractivity (Wildman–Crippen MR) is 68.4 cm³/mol. The first kappa shape index (κ1) is 11.9. The third kappa shape index (κ3) is 3.15. The van der Waals surface area contributed by atoms with E-state index in [1.54, 1.807) is 0 Å². The maximum absolute atomic E-state index is 5.83. The van der Waals surface area contributed by atoms with Gasteiger partial charge in [-0.15, -0.1) is 0 Å². The molecule has 0 spiro atoms. The van der Waals surface area contributed by atoms with Gasteiger partial charge in [-0.2, -0.15) is 0 Å². The Bertz CT molecular complexity index is 307. The fourth-order valence-electron chi connectivity index (χ4n) is 1.87. The monoisotopic (exact) mass is 206 g/mol. The van der Waals surface area contributed by atoms with Gasteiger partial charge >= 0.3 is 0 Å². The highest BCUT2D eigenvalue weighted by atomic mass is 15.1. The minimum Gasteiger partial charge on any atom is -0.399 e. The fraction of sp³-hybridized carbons (Fsp3) is 0.538. The van der Waals surface area contributed by atoms with Gasteiger partial charge < -0.3 is 10.6 Å². The molecule has 0 atom stereocenters. The molecule has 2 N–H and O–H groups in total. The molecule has 0 aromatic heterocycles. The standard InChI is InChI=1S/C13H22N2/c1-4-6-11-7-8-12(14)10-13(11)15(3)9-5-2/h7-8,10H,4-6,9,14H2,1-3H3. The van der Waals surface area contributed by atoms with Crippen LogP contribution in [0.4, 0.5) is 11.4 Å². The summed E-state index contributed by atoms with van der Waals surface area (Å²) in [4.78, 5) is 2.29. The Morgan fingerprint density at radius 2 is 1.93 bits per heavy atom. The highest BCUT2D eigenvalue weighted by Gasteiger charge is 2.06. The lowest BCUT2D eigenvalue weighted by molar-refractivity contribution is 0.835. The van der Waals surface area contributed by atoms with Crippen LogP contribution in [0.5, 0.6) is 0 Å². The lowest BCUT2D eigenvalue weighted by Gasteiger charge is -2.22. The molecule has 1 aromatic carbocycles. The van der Waals surface area contributed by atoms with Crippen molar-refractivity contribution >= 4 is 11.4 Å². The minimum absolute atomic E-state index is 0.854. The van der Waals surface area contributed by atoms with Crippen LogP contribution in [0.15, 0.2) is 18.2 Å². The molecule has 84 valence electrons. The van der Waals surface area contributed by atoms with Crippen molar-refractivity contribution in [2.75, 3.05) is 24.2 Å².